The molecular weight excluding hydrogens is 583 g/mol. The third-order valence-electron chi connectivity index (χ3n) is 9.54. The van der Waals surface area contributed by atoms with Gasteiger partial charge < -0.3 is 24.8 Å². The standard InChI is InChI=1S/2C16H15.C3H6.2ClH.Zr/c2*1-2-5-12-10-14-9-8-13-6-3-4-7-15(13)16(14)11-12;1-3-2;;;/h2*3-4,6-11H,2,5H2,1H3;1-3H2;2*1H;/q;;;;;+2/p-2. The minimum absolute atomic E-state index is 0. The van der Waals surface area contributed by atoms with Crippen molar-refractivity contribution in [3.63, 3.8) is 0 Å². The van der Waals surface area contributed by atoms with Crippen LogP contribution in [0.1, 0.15) is 75.5 Å². The van der Waals surface area contributed by atoms with Crippen molar-refractivity contribution in [2.24, 2.45) is 0 Å². The first-order valence-electron chi connectivity index (χ1n) is 14.2. The molecule has 2 atom stereocenters. The quantitative estimate of drug-likeness (QED) is 0.297. The third kappa shape index (κ3) is 4.11. The van der Waals surface area contributed by atoms with Gasteiger partial charge in [-0.1, -0.05) is 0 Å². The minimum Gasteiger partial charge on any atom is -1.00 e. The Balaban J connectivity index is 0.00000147. The van der Waals surface area contributed by atoms with Crippen molar-refractivity contribution < 1.29 is 45.1 Å². The van der Waals surface area contributed by atoms with Gasteiger partial charge in [0.15, 0.2) is 0 Å². The van der Waals surface area contributed by atoms with E-state index in [-0.39, 0.29) is 24.8 Å². The Morgan fingerprint density at radius 2 is 1.05 bits per heavy atom. The molecule has 0 nitrogen and oxygen atoms in total. The van der Waals surface area contributed by atoms with Crippen molar-refractivity contribution in [2.45, 2.75) is 61.5 Å². The summed E-state index contributed by atoms with van der Waals surface area (Å²) in [5, 5.41) is 5.72. The molecule has 194 valence electrons. The zero-order valence-electron chi connectivity index (χ0n) is 22.4. The van der Waals surface area contributed by atoms with Gasteiger partial charge in [-0.05, 0) is 0 Å². The number of allylic oxidation sites excluding steroid dienone is 2. The predicted octanol–water partition coefficient (Wildman–Crippen LogP) is 4.57. The van der Waals surface area contributed by atoms with E-state index in [4.69, 9.17) is 0 Å². The summed E-state index contributed by atoms with van der Waals surface area (Å²) in [5.74, 6) is 0. The van der Waals surface area contributed by atoms with Crippen LogP contribution in [-0.2, 0) is 20.3 Å². The molecule has 0 bridgehead atoms. The molecule has 2 unspecified atom stereocenters. The van der Waals surface area contributed by atoms with Crippen molar-refractivity contribution in [1.29, 1.82) is 0 Å². The maximum Gasteiger partial charge on any atom is -1.00 e. The van der Waals surface area contributed by atoms with Crippen LogP contribution in [0.25, 0.3) is 33.7 Å². The zero-order chi connectivity index (χ0) is 24.3. The Morgan fingerprint density at radius 1 is 0.605 bits per heavy atom. The summed E-state index contributed by atoms with van der Waals surface area (Å²) in [6.07, 6.45) is 11.8. The van der Waals surface area contributed by atoms with Gasteiger partial charge in [-0.2, -0.15) is 0 Å². The number of rotatable bonds is 6. The molecule has 0 aromatic heterocycles. The normalized spacial score (nSPS) is 19.7. The van der Waals surface area contributed by atoms with Crippen molar-refractivity contribution in [3.8, 4) is 0 Å². The van der Waals surface area contributed by atoms with Crippen LogP contribution in [0.15, 0.2) is 83.9 Å². The van der Waals surface area contributed by atoms with Gasteiger partial charge in [-0.3, -0.25) is 0 Å². The van der Waals surface area contributed by atoms with Crippen LogP contribution in [0, 0.1) is 0 Å². The van der Waals surface area contributed by atoms with Gasteiger partial charge in [0.1, 0.15) is 0 Å². The van der Waals surface area contributed by atoms with Crippen LogP contribution in [-0.4, -0.2) is 0 Å². The van der Waals surface area contributed by atoms with Gasteiger partial charge in [0.05, 0.1) is 0 Å². The molecule has 2 aliphatic carbocycles. The molecule has 3 aliphatic rings. The largest absolute Gasteiger partial charge is 1.00 e. The first kappa shape index (κ1) is 27.9. The van der Waals surface area contributed by atoms with Gasteiger partial charge >= 0.3 is 222 Å². The average molecular weight is 619 g/mol. The third-order valence-corrected chi connectivity index (χ3v) is 24.9. The summed E-state index contributed by atoms with van der Waals surface area (Å²) in [4.78, 5) is 0. The molecule has 0 saturated carbocycles. The molecule has 0 N–H and O–H groups in total. The molecule has 1 heterocycles. The Kier molecular flexibility index (Phi) is 8.13. The Labute approximate surface area is 244 Å². The first-order valence-corrected chi connectivity index (χ1v) is 20.5. The maximum absolute atomic E-state index is 2.71. The molecule has 1 saturated heterocycles. The smallest absolute Gasteiger partial charge is 1.00 e. The molecule has 7 rings (SSSR count). The van der Waals surface area contributed by atoms with Crippen molar-refractivity contribution in [1.82, 2.24) is 0 Å². The Morgan fingerprint density at radius 3 is 1.45 bits per heavy atom. The Hall–Kier alpha value is -1.66. The number of benzene rings is 4. The topological polar surface area (TPSA) is 0 Å². The van der Waals surface area contributed by atoms with E-state index in [1.54, 1.807) is 41.7 Å². The predicted molar refractivity (Wildman–Crippen MR) is 153 cm³/mol. The van der Waals surface area contributed by atoms with Crippen LogP contribution in [0.3, 0.4) is 0 Å². The van der Waals surface area contributed by atoms with E-state index in [2.05, 4.69) is 98.8 Å². The maximum atomic E-state index is 2.66. The number of halogens is 2. The van der Waals surface area contributed by atoms with E-state index in [1.165, 1.54) is 53.6 Å². The SMILES string of the molecule is CCCC1=Cc2c(ccc3ccccc23)[CH]1[Zr+2]1([CH]2C(CCC)=Cc3c2ccc2ccccc32)[CH2]C[CH2]1.[Cl-].[Cl-]. The fourth-order valence-electron chi connectivity index (χ4n) is 8.08. The summed E-state index contributed by atoms with van der Waals surface area (Å²) >= 11 is -2.71. The minimum atomic E-state index is -2.71. The Bertz CT molecular complexity index is 1450. The molecule has 0 amide bonds. The number of fused-ring (bicyclic) bond motifs is 6. The molecule has 1 aliphatic heterocycles. The second-order valence-corrected chi connectivity index (χ2v) is 22.8. The molecule has 0 spiro atoms. The summed E-state index contributed by atoms with van der Waals surface area (Å²) in [6.45, 7) is 4.75. The summed E-state index contributed by atoms with van der Waals surface area (Å²) in [6, 6.07) is 28.0. The van der Waals surface area contributed by atoms with E-state index in [9.17, 15) is 0 Å². The summed E-state index contributed by atoms with van der Waals surface area (Å²) in [5.41, 5.74) is 10.1. The van der Waals surface area contributed by atoms with Crippen LogP contribution in [0.4, 0.5) is 0 Å². The van der Waals surface area contributed by atoms with Gasteiger partial charge in [0, 0.05) is 0 Å². The van der Waals surface area contributed by atoms with Crippen molar-refractivity contribution in [3.05, 3.63) is 106 Å². The molecular formula is C35H36Cl2Zr. The fraction of sp³-hybridized carbons (Fsp3) is 0.314. The van der Waals surface area contributed by atoms with Crippen LogP contribution in [0.2, 0.25) is 8.26 Å². The van der Waals surface area contributed by atoms with E-state index >= 15 is 0 Å². The monoisotopic (exact) mass is 616 g/mol. The van der Waals surface area contributed by atoms with E-state index in [0.29, 0.717) is 0 Å². The fourth-order valence-corrected chi connectivity index (χ4v) is 23.7. The number of hydrogen-bond acceptors (Lipinski definition) is 0. The average Bonchev–Trinajstić information content (AvgIpc) is 3.44. The van der Waals surface area contributed by atoms with Gasteiger partial charge in [-0.25, -0.2) is 0 Å². The number of hydrogen-bond donors (Lipinski definition) is 0. The van der Waals surface area contributed by atoms with E-state index in [1.807, 2.05) is 0 Å². The second-order valence-electron chi connectivity index (χ2n) is 11.5. The van der Waals surface area contributed by atoms with Crippen LogP contribution in [0.5, 0.6) is 0 Å². The molecule has 4 aromatic carbocycles. The van der Waals surface area contributed by atoms with E-state index < -0.39 is 20.3 Å². The van der Waals surface area contributed by atoms with Crippen molar-refractivity contribution >= 4 is 33.7 Å². The van der Waals surface area contributed by atoms with Gasteiger partial charge in [0.2, 0.25) is 0 Å². The second kappa shape index (κ2) is 11.1. The van der Waals surface area contributed by atoms with Crippen LogP contribution < -0.4 is 24.8 Å². The zero-order valence-corrected chi connectivity index (χ0v) is 26.4. The van der Waals surface area contributed by atoms with Gasteiger partial charge in [-0.15, -0.1) is 0 Å². The first-order chi connectivity index (χ1) is 17.7. The molecule has 38 heavy (non-hydrogen) atoms. The molecule has 3 heteroatoms. The molecule has 4 aromatic rings. The van der Waals surface area contributed by atoms with E-state index in [0.717, 1.165) is 7.25 Å². The molecule has 0 radical (unpaired) electrons. The summed E-state index contributed by atoms with van der Waals surface area (Å²) in [7, 11) is 0. The van der Waals surface area contributed by atoms with Gasteiger partial charge in [0.25, 0.3) is 0 Å². The molecule has 1 fully saturated rings. The summed E-state index contributed by atoms with van der Waals surface area (Å²) < 4.78 is 4.58. The van der Waals surface area contributed by atoms with Crippen molar-refractivity contribution in [2.75, 3.05) is 0 Å². The van der Waals surface area contributed by atoms with Crippen LogP contribution >= 0.6 is 0 Å².